The molecule has 0 bridgehead atoms. The molecule has 0 saturated heterocycles. The Morgan fingerprint density at radius 3 is 2.71 bits per heavy atom. The third kappa shape index (κ3) is 3.52. The molecule has 1 fully saturated rings. The van der Waals surface area contributed by atoms with Crippen molar-refractivity contribution >= 4 is 11.6 Å². The van der Waals surface area contributed by atoms with Crippen molar-refractivity contribution in [1.29, 1.82) is 5.26 Å². The maximum atomic E-state index is 12.4. The molecule has 1 atom stereocenters. The molecule has 8 heteroatoms. The Hall–Kier alpha value is -3.73. The lowest BCUT2D eigenvalue weighted by Crippen LogP contribution is -2.40. The standard InChI is InChI=1S/C23H22N6O2/c1-14-3-7-20-21(29(14)15(2)30)9-8-19(16-12-25-28(13-16)18-5-6-18)23(20)31-22-10-4-17(11-24)26-27-22/h4,8-10,12-14,18H,3,5-7H2,1-2H3. The smallest absolute Gasteiger partial charge is 0.238 e. The second kappa shape index (κ2) is 7.51. The van der Waals surface area contributed by atoms with Crippen LogP contribution in [0.15, 0.2) is 36.7 Å². The van der Waals surface area contributed by atoms with Gasteiger partial charge in [-0.1, -0.05) is 0 Å². The van der Waals surface area contributed by atoms with E-state index in [1.165, 1.54) is 0 Å². The summed E-state index contributed by atoms with van der Waals surface area (Å²) < 4.78 is 8.26. The predicted octanol–water partition coefficient (Wildman–Crippen LogP) is 4.03. The molecule has 1 aliphatic carbocycles. The molecule has 8 nitrogen and oxygen atoms in total. The highest BCUT2D eigenvalue weighted by molar-refractivity contribution is 5.95. The molecule has 1 unspecified atom stereocenters. The first-order valence-electron chi connectivity index (χ1n) is 10.5. The van der Waals surface area contributed by atoms with Crippen LogP contribution in [-0.2, 0) is 11.2 Å². The SMILES string of the molecule is CC(=O)N1c2ccc(-c3cnn(C4CC4)c3)c(Oc3ccc(C#N)nn3)c2CCC1C. The van der Waals surface area contributed by atoms with E-state index in [4.69, 9.17) is 10.00 Å². The van der Waals surface area contributed by atoms with Crippen LogP contribution in [-0.4, -0.2) is 31.9 Å². The lowest BCUT2D eigenvalue weighted by Gasteiger charge is -2.35. The van der Waals surface area contributed by atoms with E-state index >= 15 is 0 Å². The normalized spacial score (nSPS) is 17.7. The first-order valence-corrected chi connectivity index (χ1v) is 10.5. The van der Waals surface area contributed by atoms with E-state index < -0.39 is 0 Å². The van der Waals surface area contributed by atoms with Gasteiger partial charge in [0.15, 0.2) is 5.69 Å². The molecule has 3 aromatic rings. The minimum absolute atomic E-state index is 0.00636. The summed E-state index contributed by atoms with van der Waals surface area (Å²) in [6.07, 6.45) is 7.83. The largest absolute Gasteiger partial charge is 0.436 e. The monoisotopic (exact) mass is 414 g/mol. The van der Waals surface area contributed by atoms with Crippen molar-refractivity contribution in [3.63, 3.8) is 0 Å². The quantitative estimate of drug-likeness (QED) is 0.639. The van der Waals surface area contributed by atoms with E-state index in [0.29, 0.717) is 17.7 Å². The summed E-state index contributed by atoms with van der Waals surface area (Å²) in [5, 5.41) is 21.4. The highest BCUT2D eigenvalue weighted by Gasteiger charge is 2.31. The van der Waals surface area contributed by atoms with Crippen LogP contribution < -0.4 is 9.64 Å². The van der Waals surface area contributed by atoms with Gasteiger partial charge in [0.1, 0.15) is 11.8 Å². The van der Waals surface area contributed by atoms with E-state index in [1.807, 2.05) is 40.2 Å². The number of carbonyl (C=O) groups excluding carboxylic acids is 1. The molecule has 1 aromatic carbocycles. The van der Waals surface area contributed by atoms with Gasteiger partial charge in [0.05, 0.1) is 17.9 Å². The Kier molecular flexibility index (Phi) is 4.66. The Bertz CT molecular complexity index is 1190. The van der Waals surface area contributed by atoms with Gasteiger partial charge in [-0.05, 0) is 50.8 Å². The number of hydrogen-bond donors (Lipinski definition) is 0. The third-order valence-corrected chi connectivity index (χ3v) is 5.88. The number of amides is 1. The van der Waals surface area contributed by atoms with Crippen LogP contribution in [0.25, 0.3) is 11.1 Å². The van der Waals surface area contributed by atoms with Crippen LogP contribution in [0, 0.1) is 11.3 Å². The fourth-order valence-electron chi connectivity index (χ4n) is 4.18. The fourth-order valence-corrected chi connectivity index (χ4v) is 4.18. The van der Waals surface area contributed by atoms with Crippen LogP contribution >= 0.6 is 0 Å². The summed E-state index contributed by atoms with van der Waals surface area (Å²) in [5.74, 6) is 0.966. The van der Waals surface area contributed by atoms with Crippen molar-refractivity contribution in [1.82, 2.24) is 20.0 Å². The topological polar surface area (TPSA) is 96.9 Å². The summed E-state index contributed by atoms with van der Waals surface area (Å²) in [7, 11) is 0. The summed E-state index contributed by atoms with van der Waals surface area (Å²) in [5.41, 5.74) is 3.91. The predicted molar refractivity (Wildman–Crippen MR) is 114 cm³/mol. The molecule has 5 rings (SSSR count). The number of carbonyl (C=O) groups is 1. The van der Waals surface area contributed by atoms with Gasteiger partial charge in [0.2, 0.25) is 11.8 Å². The number of aromatic nitrogens is 4. The van der Waals surface area contributed by atoms with Gasteiger partial charge in [-0.3, -0.25) is 9.48 Å². The Morgan fingerprint density at radius 1 is 1.19 bits per heavy atom. The molecular weight excluding hydrogens is 392 g/mol. The highest BCUT2D eigenvalue weighted by atomic mass is 16.5. The Labute approximate surface area is 180 Å². The maximum absolute atomic E-state index is 12.4. The third-order valence-electron chi connectivity index (χ3n) is 5.88. The van der Waals surface area contributed by atoms with Crippen molar-refractivity contribution in [3.8, 4) is 28.8 Å². The maximum Gasteiger partial charge on any atom is 0.238 e. The number of rotatable bonds is 4. The summed E-state index contributed by atoms with van der Waals surface area (Å²) >= 11 is 0. The van der Waals surface area contributed by atoms with Crippen LogP contribution in [0.2, 0.25) is 0 Å². The van der Waals surface area contributed by atoms with Gasteiger partial charge in [0, 0.05) is 41.9 Å². The van der Waals surface area contributed by atoms with Crippen molar-refractivity contribution in [2.75, 3.05) is 4.90 Å². The average molecular weight is 414 g/mol. The molecule has 1 saturated carbocycles. The minimum atomic E-state index is 0.00636. The molecule has 1 amide bonds. The van der Waals surface area contributed by atoms with E-state index in [0.717, 1.165) is 48.1 Å². The molecule has 3 heterocycles. The van der Waals surface area contributed by atoms with Crippen molar-refractivity contribution < 1.29 is 9.53 Å². The van der Waals surface area contributed by atoms with Gasteiger partial charge >= 0.3 is 0 Å². The average Bonchev–Trinajstić information content (AvgIpc) is 3.51. The van der Waals surface area contributed by atoms with Crippen molar-refractivity contribution in [2.45, 2.75) is 51.6 Å². The van der Waals surface area contributed by atoms with Crippen LogP contribution in [0.5, 0.6) is 11.6 Å². The number of nitrogens with zero attached hydrogens (tertiary/aromatic N) is 6. The van der Waals surface area contributed by atoms with Gasteiger partial charge < -0.3 is 9.64 Å². The molecule has 31 heavy (non-hydrogen) atoms. The van der Waals surface area contributed by atoms with E-state index in [-0.39, 0.29) is 17.6 Å². The number of hydrogen-bond acceptors (Lipinski definition) is 6. The number of anilines is 1. The molecule has 1 aliphatic heterocycles. The van der Waals surface area contributed by atoms with Crippen LogP contribution in [0.1, 0.15) is 50.4 Å². The number of ether oxygens (including phenoxy) is 1. The fraction of sp³-hybridized carbons (Fsp3) is 0.348. The second-order valence-electron chi connectivity index (χ2n) is 8.13. The van der Waals surface area contributed by atoms with Gasteiger partial charge in [-0.25, -0.2) is 0 Å². The summed E-state index contributed by atoms with van der Waals surface area (Å²) in [6, 6.07) is 9.75. The lowest BCUT2D eigenvalue weighted by atomic mass is 9.92. The second-order valence-corrected chi connectivity index (χ2v) is 8.13. The summed E-state index contributed by atoms with van der Waals surface area (Å²) in [4.78, 5) is 14.2. The van der Waals surface area contributed by atoms with E-state index in [1.54, 1.807) is 19.1 Å². The Morgan fingerprint density at radius 2 is 2.03 bits per heavy atom. The zero-order valence-corrected chi connectivity index (χ0v) is 17.4. The molecule has 2 aromatic heterocycles. The zero-order valence-electron chi connectivity index (χ0n) is 17.4. The molecule has 0 radical (unpaired) electrons. The number of benzene rings is 1. The van der Waals surface area contributed by atoms with E-state index in [2.05, 4.69) is 22.2 Å². The van der Waals surface area contributed by atoms with Crippen LogP contribution in [0.3, 0.4) is 0 Å². The summed E-state index contributed by atoms with van der Waals surface area (Å²) in [6.45, 7) is 3.65. The molecular formula is C23H22N6O2. The van der Waals surface area contributed by atoms with Gasteiger partial charge in [-0.15, -0.1) is 10.2 Å². The van der Waals surface area contributed by atoms with Gasteiger partial charge in [0.25, 0.3) is 0 Å². The molecule has 0 N–H and O–H groups in total. The highest BCUT2D eigenvalue weighted by Crippen LogP contribution is 2.45. The lowest BCUT2D eigenvalue weighted by molar-refractivity contribution is -0.117. The molecule has 2 aliphatic rings. The van der Waals surface area contributed by atoms with Crippen molar-refractivity contribution in [3.05, 3.63) is 47.9 Å². The number of nitriles is 1. The first kappa shape index (κ1) is 19.2. The van der Waals surface area contributed by atoms with Crippen LogP contribution in [0.4, 0.5) is 5.69 Å². The van der Waals surface area contributed by atoms with Crippen molar-refractivity contribution in [2.24, 2.45) is 0 Å². The first-order chi connectivity index (χ1) is 15.0. The molecule has 0 spiro atoms. The van der Waals surface area contributed by atoms with Gasteiger partial charge in [-0.2, -0.15) is 10.4 Å². The zero-order chi connectivity index (χ0) is 21.5. The Balaban J connectivity index is 1.63. The molecule has 156 valence electrons. The van der Waals surface area contributed by atoms with E-state index in [9.17, 15) is 4.79 Å². The number of fused-ring (bicyclic) bond motifs is 1. The minimum Gasteiger partial charge on any atom is -0.436 e.